The third kappa shape index (κ3) is 3.80. The number of hydrogen-bond donors (Lipinski definition) is 1. The number of benzene rings is 1. The molecule has 1 atom stereocenters. The first-order valence-electron chi connectivity index (χ1n) is 6.58. The predicted octanol–water partition coefficient (Wildman–Crippen LogP) is 2.57. The van der Waals surface area contributed by atoms with E-state index in [0.717, 1.165) is 37.2 Å². The van der Waals surface area contributed by atoms with Crippen LogP contribution < -0.4 is 15.4 Å². The lowest BCUT2D eigenvalue weighted by Crippen LogP contribution is -2.43. The van der Waals surface area contributed by atoms with Crippen LogP contribution >= 0.6 is 0 Å². The number of anilines is 1. The van der Waals surface area contributed by atoms with Gasteiger partial charge in [0.25, 0.3) is 6.43 Å². The van der Waals surface area contributed by atoms with Gasteiger partial charge in [0, 0.05) is 24.8 Å². The van der Waals surface area contributed by atoms with Crippen LogP contribution in [-0.2, 0) is 0 Å². The molecule has 1 aromatic rings. The van der Waals surface area contributed by atoms with E-state index in [9.17, 15) is 8.78 Å². The van der Waals surface area contributed by atoms with Crippen molar-refractivity contribution in [2.45, 2.75) is 32.2 Å². The average Bonchev–Trinajstić information content (AvgIpc) is 2.36. The van der Waals surface area contributed by atoms with E-state index < -0.39 is 13.0 Å². The van der Waals surface area contributed by atoms with Crippen LogP contribution in [0.3, 0.4) is 0 Å². The number of ether oxygens (including phenoxy) is 1. The molecule has 1 unspecified atom stereocenters. The van der Waals surface area contributed by atoms with Crippen molar-refractivity contribution in [2.75, 3.05) is 24.6 Å². The van der Waals surface area contributed by atoms with Crippen molar-refractivity contribution in [3.8, 4) is 5.75 Å². The second-order valence-electron chi connectivity index (χ2n) is 5.00. The van der Waals surface area contributed by atoms with Crippen molar-refractivity contribution in [1.29, 1.82) is 0 Å². The lowest BCUT2D eigenvalue weighted by Gasteiger charge is -2.33. The monoisotopic (exact) mass is 270 g/mol. The van der Waals surface area contributed by atoms with Gasteiger partial charge in [-0.15, -0.1) is 0 Å². The van der Waals surface area contributed by atoms with Crippen LogP contribution in [0.5, 0.6) is 5.75 Å². The third-order valence-electron chi connectivity index (χ3n) is 3.34. The number of nitrogens with two attached hydrogens (primary N) is 1. The van der Waals surface area contributed by atoms with Crippen LogP contribution in [0, 0.1) is 6.92 Å². The van der Waals surface area contributed by atoms with Gasteiger partial charge in [-0.25, -0.2) is 8.78 Å². The standard InChI is InChI=1S/C14H20F2N2O/c1-10-7-12(19-9-14(15)16)4-5-13(10)18-6-2-3-11(17)8-18/h4-5,7,11,14H,2-3,6,8-9,17H2,1H3. The highest BCUT2D eigenvalue weighted by Crippen LogP contribution is 2.27. The highest BCUT2D eigenvalue weighted by molar-refractivity contribution is 5.56. The summed E-state index contributed by atoms with van der Waals surface area (Å²) in [5.74, 6) is 0.489. The quantitative estimate of drug-likeness (QED) is 0.914. The zero-order valence-corrected chi connectivity index (χ0v) is 11.1. The first kappa shape index (κ1) is 14.1. The summed E-state index contributed by atoms with van der Waals surface area (Å²) in [6.45, 7) is 3.24. The Morgan fingerprint density at radius 1 is 1.47 bits per heavy atom. The Labute approximate surface area is 112 Å². The minimum atomic E-state index is -2.44. The second-order valence-corrected chi connectivity index (χ2v) is 5.00. The molecule has 0 radical (unpaired) electrons. The average molecular weight is 270 g/mol. The molecule has 2 N–H and O–H groups in total. The van der Waals surface area contributed by atoms with Crippen molar-refractivity contribution in [3.05, 3.63) is 23.8 Å². The fourth-order valence-electron chi connectivity index (χ4n) is 2.46. The van der Waals surface area contributed by atoms with Crippen LogP contribution in [0.4, 0.5) is 14.5 Å². The van der Waals surface area contributed by atoms with Crippen molar-refractivity contribution in [3.63, 3.8) is 0 Å². The molecule has 1 heterocycles. The molecule has 0 amide bonds. The Bertz CT molecular complexity index is 426. The molecule has 5 heteroatoms. The Balaban J connectivity index is 2.06. The Hall–Kier alpha value is -1.36. The first-order chi connectivity index (χ1) is 9.06. The van der Waals surface area contributed by atoms with E-state index in [0.29, 0.717) is 5.75 Å². The van der Waals surface area contributed by atoms with E-state index in [1.807, 2.05) is 13.0 Å². The summed E-state index contributed by atoms with van der Waals surface area (Å²) >= 11 is 0. The van der Waals surface area contributed by atoms with Gasteiger partial charge in [-0.05, 0) is 43.5 Å². The van der Waals surface area contributed by atoms with E-state index in [1.165, 1.54) is 0 Å². The van der Waals surface area contributed by atoms with E-state index in [4.69, 9.17) is 10.5 Å². The zero-order chi connectivity index (χ0) is 13.8. The summed E-state index contributed by atoms with van der Waals surface area (Å²) in [5.41, 5.74) is 8.11. The lowest BCUT2D eigenvalue weighted by molar-refractivity contribution is 0.0819. The Morgan fingerprint density at radius 2 is 2.26 bits per heavy atom. The molecule has 1 fully saturated rings. The van der Waals surface area contributed by atoms with Gasteiger partial charge < -0.3 is 15.4 Å². The summed E-state index contributed by atoms with van der Waals surface area (Å²) in [4.78, 5) is 2.25. The van der Waals surface area contributed by atoms with Crippen molar-refractivity contribution >= 4 is 5.69 Å². The van der Waals surface area contributed by atoms with Gasteiger partial charge in [-0.2, -0.15) is 0 Å². The van der Waals surface area contributed by atoms with Gasteiger partial charge in [0.15, 0.2) is 0 Å². The van der Waals surface area contributed by atoms with E-state index in [-0.39, 0.29) is 6.04 Å². The van der Waals surface area contributed by atoms with Gasteiger partial charge in [-0.3, -0.25) is 0 Å². The molecule has 19 heavy (non-hydrogen) atoms. The van der Waals surface area contributed by atoms with Crippen molar-refractivity contribution in [1.82, 2.24) is 0 Å². The lowest BCUT2D eigenvalue weighted by atomic mass is 10.0. The van der Waals surface area contributed by atoms with Gasteiger partial charge in [0.1, 0.15) is 12.4 Å². The highest BCUT2D eigenvalue weighted by atomic mass is 19.3. The molecular formula is C14H20F2N2O. The fraction of sp³-hybridized carbons (Fsp3) is 0.571. The highest BCUT2D eigenvalue weighted by Gasteiger charge is 2.18. The number of hydrogen-bond acceptors (Lipinski definition) is 3. The normalized spacial score (nSPS) is 19.8. The minimum absolute atomic E-state index is 0.211. The molecule has 106 valence electrons. The number of halogens is 2. The molecule has 0 bridgehead atoms. The maximum absolute atomic E-state index is 12.1. The predicted molar refractivity (Wildman–Crippen MR) is 72.1 cm³/mol. The topological polar surface area (TPSA) is 38.5 Å². The van der Waals surface area contributed by atoms with Crippen molar-refractivity contribution < 1.29 is 13.5 Å². The van der Waals surface area contributed by atoms with Gasteiger partial charge in [0.2, 0.25) is 0 Å². The fourth-order valence-corrected chi connectivity index (χ4v) is 2.46. The van der Waals surface area contributed by atoms with Gasteiger partial charge >= 0.3 is 0 Å². The summed E-state index contributed by atoms with van der Waals surface area (Å²) in [6, 6.07) is 5.68. The van der Waals surface area contributed by atoms with E-state index >= 15 is 0 Å². The molecule has 0 saturated carbocycles. The van der Waals surface area contributed by atoms with Crippen LogP contribution in [0.2, 0.25) is 0 Å². The van der Waals surface area contributed by atoms with E-state index in [2.05, 4.69) is 4.90 Å². The molecular weight excluding hydrogens is 250 g/mol. The van der Waals surface area contributed by atoms with E-state index in [1.54, 1.807) is 12.1 Å². The third-order valence-corrected chi connectivity index (χ3v) is 3.34. The molecule has 2 rings (SSSR count). The summed E-state index contributed by atoms with van der Waals surface area (Å²) < 4.78 is 29.2. The first-order valence-corrected chi connectivity index (χ1v) is 6.58. The number of nitrogens with zero attached hydrogens (tertiary/aromatic N) is 1. The molecule has 1 aromatic carbocycles. The molecule has 0 aliphatic carbocycles. The zero-order valence-electron chi connectivity index (χ0n) is 11.1. The molecule has 1 aliphatic heterocycles. The van der Waals surface area contributed by atoms with Crippen LogP contribution in [0.15, 0.2) is 18.2 Å². The molecule has 0 aromatic heterocycles. The molecule has 0 spiro atoms. The summed E-state index contributed by atoms with van der Waals surface area (Å²) in [5, 5.41) is 0. The SMILES string of the molecule is Cc1cc(OCC(F)F)ccc1N1CCCC(N)C1. The van der Waals surface area contributed by atoms with Crippen LogP contribution in [-0.4, -0.2) is 32.2 Å². The van der Waals surface area contributed by atoms with Crippen LogP contribution in [0.25, 0.3) is 0 Å². The van der Waals surface area contributed by atoms with Gasteiger partial charge in [-0.1, -0.05) is 0 Å². The summed E-state index contributed by atoms with van der Waals surface area (Å²) in [6.07, 6.45) is -0.296. The maximum atomic E-state index is 12.1. The number of alkyl halides is 2. The van der Waals surface area contributed by atoms with Crippen molar-refractivity contribution in [2.24, 2.45) is 5.73 Å². The minimum Gasteiger partial charge on any atom is -0.488 e. The Kier molecular flexibility index (Phi) is 4.58. The number of rotatable bonds is 4. The van der Waals surface area contributed by atoms with Crippen LogP contribution in [0.1, 0.15) is 18.4 Å². The largest absolute Gasteiger partial charge is 0.488 e. The molecule has 3 nitrogen and oxygen atoms in total. The van der Waals surface area contributed by atoms with Gasteiger partial charge in [0.05, 0.1) is 0 Å². The Morgan fingerprint density at radius 3 is 2.89 bits per heavy atom. The smallest absolute Gasteiger partial charge is 0.272 e. The molecule has 1 aliphatic rings. The maximum Gasteiger partial charge on any atom is 0.272 e. The number of aryl methyl sites for hydroxylation is 1. The molecule has 1 saturated heterocycles. The second kappa shape index (κ2) is 6.19. The number of piperidine rings is 1. The summed E-state index contributed by atoms with van der Waals surface area (Å²) in [7, 11) is 0.